The first-order valence-corrected chi connectivity index (χ1v) is 5.54. The summed E-state index contributed by atoms with van der Waals surface area (Å²) < 4.78 is 0. The zero-order valence-electron chi connectivity index (χ0n) is 10.3. The van der Waals surface area contributed by atoms with E-state index in [1.807, 2.05) is 27.7 Å². The molecule has 0 saturated carbocycles. The quantitative estimate of drug-likeness (QED) is 0.611. The van der Waals surface area contributed by atoms with E-state index in [9.17, 15) is 4.79 Å². The van der Waals surface area contributed by atoms with Gasteiger partial charge in [-0.05, 0) is 33.6 Å². The summed E-state index contributed by atoms with van der Waals surface area (Å²) in [6, 6.07) is 0.223. The van der Waals surface area contributed by atoms with Crippen LogP contribution in [-0.2, 0) is 4.79 Å². The van der Waals surface area contributed by atoms with Crippen molar-refractivity contribution in [3.05, 3.63) is 0 Å². The first kappa shape index (κ1) is 14.4. The van der Waals surface area contributed by atoms with Crippen molar-refractivity contribution in [2.24, 2.45) is 0 Å². The van der Waals surface area contributed by atoms with Gasteiger partial charge in [-0.3, -0.25) is 4.79 Å². The van der Waals surface area contributed by atoms with Crippen molar-refractivity contribution in [1.82, 2.24) is 10.6 Å². The van der Waals surface area contributed by atoms with E-state index in [2.05, 4.69) is 10.6 Å². The lowest BCUT2D eigenvalue weighted by molar-refractivity contribution is -0.121. The molecule has 0 aliphatic rings. The third kappa shape index (κ3) is 8.39. The van der Waals surface area contributed by atoms with E-state index in [0.29, 0.717) is 13.0 Å². The van der Waals surface area contributed by atoms with E-state index < -0.39 is 0 Å². The zero-order valence-corrected chi connectivity index (χ0v) is 10.3. The number of hydrogen-bond donors (Lipinski definition) is 3. The van der Waals surface area contributed by atoms with Crippen LogP contribution in [0, 0.1) is 0 Å². The van der Waals surface area contributed by atoms with Gasteiger partial charge in [0.05, 0.1) is 6.54 Å². The van der Waals surface area contributed by atoms with Crippen LogP contribution in [0.1, 0.15) is 40.5 Å². The van der Waals surface area contributed by atoms with Crippen LogP contribution in [0.25, 0.3) is 0 Å². The minimum atomic E-state index is -0.183. The molecule has 15 heavy (non-hydrogen) atoms. The van der Waals surface area contributed by atoms with Crippen LogP contribution in [-0.4, -0.2) is 35.7 Å². The largest absolute Gasteiger partial charge is 0.396 e. The summed E-state index contributed by atoms with van der Waals surface area (Å²) in [7, 11) is 0. The molecule has 0 aromatic heterocycles. The molecule has 4 heteroatoms. The Kier molecular flexibility index (Phi) is 6.52. The molecule has 0 rings (SSSR count). The molecule has 0 aliphatic heterocycles. The maximum Gasteiger partial charge on any atom is 0.234 e. The topological polar surface area (TPSA) is 61.4 Å². The van der Waals surface area contributed by atoms with E-state index in [1.165, 1.54) is 0 Å². The van der Waals surface area contributed by atoms with Gasteiger partial charge < -0.3 is 15.7 Å². The van der Waals surface area contributed by atoms with Gasteiger partial charge in [-0.2, -0.15) is 0 Å². The van der Waals surface area contributed by atoms with Gasteiger partial charge in [-0.1, -0.05) is 6.92 Å². The highest BCUT2D eigenvalue weighted by Gasteiger charge is 2.14. The van der Waals surface area contributed by atoms with Crippen molar-refractivity contribution in [1.29, 1.82) is 0 Å². The van der Waals surface area contributed by atoms with Crippen molar-refractivity contribution in [3.8, 4) is 0 Å². The summed E-state index contributed by atoms with van der Waals surface area (Å²) in [5, 5.41) is 14.8. The van der Waals surface area contributed by atoms with Gasteiger partial charge in [-0.15, -0.1) is 0 Å². The highest BCUT2D eigenvalue weighted by molar-refractivity contribution is 5.78. The minimum absolute atomic E-state index is 0.00103. The second-order valence-corrected chi connectivity index (χ2v) is 4.80. The van der Waals surface area contributed by atoms with Crippen LogP contribution in [0.4, 0.5) is 0 Å². The standard InChI is InChI=1S/C11H24N2O2/c1-5-9(6-7-14)12-8-10(15)13-11(2,3)4/h9,12,14H,5-8H2,1-4H3,(H,13,15). The summed E-state index contributed by atoms with van der Waals surface area (Å²) in [6.07, 6.45) is 1.61. The fourth-order valence-corrected chi connectivity index (χ4v) is 1.31. The number of aliphatic hydroxyl groups is 1. The molecule has 0 fully saturated rings. The maximum absolute atomic E-state index is 11.4. The highest BCUT2D eigenvalue weighted by Crippen LogP contribution is 1.98. The molecule has 1 atom stereocenters. The molecule has 4 nitrogen and oxygen atoms in total. The molecule has 1 amide bonds. The number of aliphatic hydroxyl groups excluding tert-OH is 1. The van der Waals surface area contributed by atoms with Crippen LogP contribution in [0.15, 0.2) is 0 Å². The van der Waals surface area contributed by atoms with E-state index >= 15 is 0 Å². The number of carbonyl (C=O) groups is 1. The second-order valence-electron chi connectivity index (χ2n) is 4.80. The fourth-order valence-electron chi connectivity index (χ4n) is 1.31. The van der Waals surface area contributed by atoms with Gasteiger partial charge in [0, 0.05) is 18.2 Å². The summed E-state index contributed by atoms with van der Waals surface area (Å²) in [5.41, 5.74) is -0.183. The molecule has 0 aliphatic carbocycles. The van der Waals surface area contributed by atoms with Crippen molar-refractivity contribution in [3.63, 3.8) is 0 Å². The highest BCUT2D eigenvalue weighted by atomic mass is 16.3. The third-order valence-electron chi connectivity index (χ3n) is 2.04. The number of rotatable bonds is 6. The first-order valence-electron chi connectivity index (χ1n) is 5.54. The van der Waals surface area contributed by atoms with Crippen LogP contribution in [0.2, 0.25) is 0 Å². The van der Waals surface area contributed by atoms with Crippen molar-refractivity contribution < 1.29 is 9.90 Å². The number of amides is 1. The lowest BCUT2D eigenvalue weighted by Crippen LogP contribution is -2.46. The predicted molar refractivity (Wildman–Crippen MR) is 61.7 cm³/mol. The van der Waals surface area contributed by atoms with Gasteiger partial charge >= 0.3 is 0 Å². The van der Waals surface area contributed by atoms with Gasteiger partial charge in [-0.25, -0.2) is 0 Å². The van der Waals surface area contributed by atoms with Crippen molar-refractivity contribution in [2.45, 2.75) is 52.1 Å². The number of nitrogens with one attached hydrogen (secondary N) is 2. The molecular formula is C11H24N2O2. The Morgan fingerprint density at radius 2 is 2.00 bits per heavy atom. The van der Waals surface area contributed by atoms with Crippen molar-refractivity contribution in [2.75, 3.05) is 13.2 Å². The minimum Gasteiger partial charge on any atom is -0.396 e. The Balaban J connectivity index is 3.78. The van der Waals surface area contributed by atoms with Gasteiger partial charge in [0.15, 0.2) is 0 Å². The lowest BCUT2D eigenvalue weighted by Gasteiger charge is -2.22. The smallest absolute Gasteiger partial charge is 0.234 e. The number of hydrogen-bond acceptors (Lipinski definition) is 3. The Morgan fingerprint density at radius 1 is 1.40 bits per heavy atom. The Labute approximate surface area is 92.4 Å². The molecule has 0 bridgehead atoms. The molecule has 0 saturated heterocycles. The van der Waals surface area contributed by atoms with E-state index in [1.54, 1.807) is 0 Å². The Bertz CT molecular complexity index is 188. The fraction of sp³-hybridized carbons (Fsp3) is 0.909. The van der Waals surface area contributed by atoms with Gasteiger partial charge in [0.1, 0.15) is 0 Å². The average Bonchev–Trinajstić information content (AvgIpc) is 2.09. The van der Waals surface area contributed by atoms with Gasteiger partial charge in [0.25, 0.3) is 0 Å². The van der Waals surface area contributed by atoms with E-state index in [0.717, 1.165) is 6.42 Å². The SMILES string of the molecule is CCC(CCO)NCC(=O)NC(C)(C)C. The molecule has 0 aromatic rings. The Morgan fingerprint density at radius 3 is 2.40 bits per heavy atom. The van der Waals surface area contributed by atoms with Gasteiger partial charge in [0.2, 0.25) is 5.91 Å². The zero-order chi connectivity index (χ0) is 11.9. The first-order chi connectivity index (χ1) is 6.89. The maximum atomic E-state index is 11.4. The summed E-state index contributed by atoms with van der Waals surface area (Å²) in [5.74, 6) is -0.00103. The average molecular weight is 216 g/mol. The van der Waals surface area contributed by atoms with Crippen LogP contribution < -0.4 is 10.6 Å². The lowest BCUT2D eigenvalue weighted by atomic mass is 10.1. The summed E-state index contributed by atoms with van der Waals surface area (Å²) >= 11 is 0. The molecule has 0 spiro atoms. The molecule has 0 aromatic carbocycles. The second kappa shape index (κ2) is 6.80. The summed E-state index contributed by atoms with van der Waals surface area (Å²) in [4.78, 5) is 11.4. The van der Waals surface area contributed by atoms with Crippen molar-refractivity contribution >= 4 is 5.91 Å². The number of carbonyl (C=O) groups excluding carboxylic acids is 1. The van der Waals surface area contributed by atoms with Crippen LogP contribution in [0.3, 0.4) is 0 Å². The molecule has 3 N–H and O–H groups in total. The Hall–Kier alpha value is -0.610. The van der Waals surface area contributed by atoms with E-state index in [4.69, 9.17) is 5.11 Å². The third-order valence-corrected chi connectivity index (χ3v) is 2.04. The molecule has 0 radical (unpaired) electrons. The monoisotopic (exact) mass is 216 g/mol. The molecular weight excluding hydrogens is 192 g/mol. The molecule has 90 valence electrons. The van der Waals surface area contributed by atoms with Crippen LogP contribution >= 0.6 is 0 Å². The normalized spacial score (nSPS) is 13.7. The van der Waals surface area contributed by atoms with E-state index in [-0.39, 0.29) is 24.1 Å². The van der Waals surface area contributed by atoms with Crippen LogP contribution in [0.5, 0.6) is 0 Å². The molecule has 0 heterocycles. The molecule has 1 unspecified atom stereocenters. The summed E-state index contributed by atoms with van der Waals surface area (Å²) in [6.45, 7) is 8.37. The predicted octanol–water partition coefficient (Wildman–Crippen LogP) is 0.652.